The van der Waals surface area contributed by atoms with Crippen molar-refractivity contribution in [2.75, 3.05) is 0 Å². The summed E-state index contributed by atoms with van der Waals surface area (Å²) in [5, 5.41) is 0.449. The van der Waals surface area contributed by atoms with E-state index < -0.39 is 0 Å². The summed E-state index contributed by atoms with van der Waals surface area (Å²) in [6.45, 7) is 0. The van der Waals surface area contributed by atoms with Crippen molar-refractivity contribution in [3.63, 3.8) is 0 Å². The third kappa shape index (κ3) is 1.28. The number of nitrogens with two attached hydrogens (primary N) is 1. The number of halogens is 1. The highest BCUT2D eigenvalue weighted by molar-refractivity contribution is 6.29. The molecular weight excluding hydrogens is 162 g/mol. The number of hydrogen-bond donors (Lipinski definition) is 1. The van der Waals surface area contributed by atoms with E-state index in [1.807, 2.05) is 6.07 Å². The van der Waals surface area contributed by atoms with Crippen LogP contribution in [0.3, 0.4) is 0 Å². The van der Waals surface area contributed by atoms with Gasteiger partial charge in [-0.15, -0.1) is 0 Å². The van der Waals surface area contributed by atoms with Gasteiger partial charge in [-0.3, -0.25) is 0 Å². The Balaban J connectivity index is 2.20. The van der Waals surface area contributed by atoms with Crippen LogP contribution in [0.2, 0.25) is 5.22 Å². The third-order valence-electron chi connectivity index (χ3n) is 2.14. The van der Waals surface area contributed by atoms with Crippen molar-refractivity contribution in [1.29, 1.82) is 0 Å². The lowest BCUT2D eigenvalue weighted by Gasteiger charge is -2.06. The first kappa shape index (κ1) is 7.19. The Labute approximate surface area is 70.3 Å². The Hall–Kier alpha value is -0.470. The topological polar surface area (TPSA) is 39.2 Å². The van der Waals surface area contributed by atoms with Crippen molar-refractivity contribution in [1.82, 2.24) is 0 Å². The van der Waals surface area contributed by atoms with Gasteiger partial charge in [0.25, 0.3) is 0 Å². The molecule has 1 saturated carbocycles. The van der Waals surface area contributed by atoms with Crippen LogP contribution in [-0.4, -0.2) is 0 Å². The SMILES string of the molecule is N[C@@H](c1ccoc1Cl)C1CC1. The van der Waals surface area contributed by atoms with E-state index in [0.29, 0.717) is 11.1 Å². The predicted molar refractivity (Wildman–Crippen MR) is 43.4 cm³/mol. The standard InChI is InChI=1S/C8H10ClNO/c9-8-6(3-4-11-8)7(10)5-1-2-5/h3-5,7H,1-2,10H2/t7-/m1/s1. The van der Waals surface area contributed by atoms with Crippen molar-refractivity contribution in [2.45, 2.75) is 18.9 Å². The van der Waals surface area contributed by atoms with E-state index >= 15 is 0 Å². The predicted octanol–water partition coefficient (Wildman–Crippen LogP) is 2.34. The molecule has 0 bridgehead atoms. The van der Waals surface area contributed by atoms with E-state index in [1.54, 1.807) is 6.26 Å². The van der Waals surface area contributed by atoms with Crippen LogP contribution < -0.4 is 5.73 Å². The minimum Gasteiger partial charge on any atom is -0.453 e. The van der Waals surface area contributed by atoms with Gasteiger partial charge in [0.15, 0.2) is 5.22 Å². The molecule has 2 rings (SSSR count). The van der Waals surface area contributed by atoms with Gasteiger partial charge in [0, 0.05) is 11.6 Å². The van der Waals surface area contributed by atoms with Crippen molar-refractivity contribution >= 4 is 11.6 Å². The van der Waals surface area contributed by atoms with Gasteiger partial charge in [-0.25, -0.2) is 0 Å². The zero-order valence-electron chi connectivity index (χ0n) is 6.09. The second-order valence-electron chi connectivity index (χ2n) is 3.01. The van der Waals surface area contributed by atoms with Crippen LogP contribution in [0, 0.1) is 5.92 Å². The summed E-state index contributed by atoms with van der Waals surface area (Å²) in [6, 6.07) is 1.94. The molecule has 1 atom stereocenters. The molecule has 0 amide bonds. The largest absolute Gasteiger partial charge is 0.453 e. The Morgan fingerprint density at radius 3 is 2.82 bits per heavy atom. The maximum absolute atomic E-state index is 5.90. The highest BCUT2D eigenvalue weighted by atomic mass is 35.5. The fourth-order valence-corrected chi connectivity index (χ4v) is 1.49. The van der Waals surface area contributed by atoms with Gasteiger partial charge < -0.3 is 10.2 Å². The molecule has 1 fully saturated rings. The summed E-state index contributed by atoms with van der Waals surface area (Å²) in [5.41, 5.74) is 6.85. The molecule has 0 aliphatic heterocycles. The van der Waals surface area contributed by atoms with Crippen LogP contribution in [0.25, 0.3) is 0 Å². The van der Waals surface area contributed by atoms with E-state index in [2.05, 4.69) is 0 Å². The molecule has 1 aliphatic carbocycles. The molecule has 1 aromatic heterocycles. The van der Waals surface area contributed by atoms with E-state index in [4.69, 9.17) is 21.8 Å². The molecule has 2 N–H and O–H groups in total. The molecule has 0 saturated heterocycles. The molecular formula is C8H10ClNO. The normalized spacial score (nSPS) is 20.2. The first-order chi connectivity index (χ1) is 5.29. The molecule has 1 aromatic rings. The molecule has 1 heterocycles. The molecule has 0 unspecified atom stereocenters. The average molecular weight is 172 g/mol. The van der Waals surface area contributed by atoms with Crippen LogP contribution in [0.5, 0.6) is 0 Å². The first-order valence-electron chi connectivity index (χ1n) is 3.77. The fraction of sp³-hybridized carbons (Fsp3) is 0.500. The molecule has 60 valence electrons. The van der Waals surface area contributed by atoms with Crippen molar-refractivity contribution in [3.8, 4) is 0 Å². The average Bonchev–Trinajstić information content (AvgIpc) is 2.74. The molecule has 11 heavy (non-hydrogen) atoms. The van der Waals surface area contributed by atoms with Gasteiger partial charge in [-0.1, -0.05) is 0 Å². The monoisotopic (exact) mass is 171 g/mol. The summed E-state index contributed by atoms with van der Waals surface area (Å²) >= 11 is 5.76. The highest BCUT2D eigenvalue weighted by Crippen LogP contribution is 2.41. The van der Waals surface area contributed by atoms with Crippen LogP contribution in [-0.2, 0) is 0 Å². The Bertz CT molecular complexity index is 254. The summed E-state index contributed by atoms with van der Waals surface area (Å²) in [4.78, 5) is 0. The molecule has 3 heteroatoms. The summed E-state index contributed by atoms with van der Waals surface area (Å²) < 4.78 is 4.95. The van der Waals surface area contributed by atoms with Crippen LogP contribution in [0.4, 0.5) is 0 Å². The van der Waals surface area contributed by atoms with Gasteiger partial charge in [0.2, 0.25) is 0 Å². The fourth-order valence-electron chi connectivity index (χ4n) is 1.25. The maximum Gasteiger partial charge on any atom is 0.197 e. The van der Waals surface area contributed by atoms with Gasteiger partial charge in [-0.2, -0.15) is 0 Å². The van der Waals surface area contributed by atoms with Crippen LogP contribution in [0.15, 0.2) is 16.7 Å². The van der Waals surface area contributed by atoms with Crippen LogP contribution in [0.1, 0.15) is 24.4 Å². The molecule has 0 radical (unpaired) electrons. The lowest BCUT2D eigenvalue weighted by Crippen LogP contribution is -2.11. The lowest BCUT2D eigenvalue weighted by molar-refractivity contribution is 0.553. The lowest BCUT2D eigenvalue weighted by atomic mass is 10.1. The smallest absolute Gasteiger partial charge is 0.197 e. The second-order valence-corrected chi connectivity index (χ2v) is 3.36. The van der Waals surface area contributed by atoms with Gasteiger partial charge in [-0.05, 0) is 36.4 Å². The number of rotatable bonds is 2. The van der Waals surface area contributed by atoms with Crippen LogP contribution >= 0.6 is 11.6 Å². The Morgan fingerprint density at radius 1 is 1.64 bits per heavy atom. The summed E-state index contributed by atoms with van der Waals surface area (Å²) in [5.74, 6) is 0.630. The molecule has 0 aromatic carbocycles. The zero-order chi connectivity index (χ0) is 7.84. The number of furan rings is 1. The van der Waals surface area contributed by atoms with Crippen molar-refractivity contribution in [2.24, 2.45) is 11.7 Å². The third-order valence-corrected chi connectivity index (χ3v) is 2.44. The quantitative estimate of drug-likeness (QED) is 0.742. The van der Waals surface area contributed by atoms with E-state index in [9.17, 15) is 0 Å². The maximum atomic E-state index is 5.90. The Kier molecular flexibility index (Phi) is 1.66. The molecule has 2 nitrogen and oxygen atoms in total. The van der Waals surface area contributed by atoms with E-state index in [1.165, 1.54) is 12.8 Å². The second kappa shape index (κ2) is 2.54. The first-order valence-corrected chi connectivity index (χ1v) is 4.15. The summed E-state index contributed by atoms with van der Waals surface area (Å²) in [6.07, 6.45) is 4.03. The van der Waals surface area contributed by atoms with Gasteiger partial charge in [0.05, 0.1) is 6.26 Å². The highest BCUT2D eigenvalue weighted by Gasteiger charge is 2.31. The molecule has 1 aliphatic rings. The Morgan fingerprint density at radius 2 is 2.36 bits per heavy atom. The van der Waals surface area contributed by atoms with Crippen molar-refractivity contribution < 1.29 is 4.42 Å². The minimum atomic E-state index is 0.0845. The molecule has 0 spiro atoms. The minimum absolute atomic E-state index is 0.0845. The number of hydrogen-bond acceptors (Lipinski definition) is 2. The van der Waals surface area contributed by atoms with Crippen molar-refractivity contribution in [3.05, 3.63) is 23.1 Å². The van der Waals surface area contributed by atoms with Gasteiger partial charge in [0.1, 0.15) is 0 Å². The van der Waals surface area contributed by atoms with E-state index in [-0.39, 0.29) is 6.04 Å². The summed E-state index contributed by atoms with van der Waals surface area (Å²) in [7, 11) is 0. The zero-order valence-corrected chi connectivity index (χ0v) is 6.84. The van der Waals surface area contributed by atoms with Gasteiger partial charge >= 0.3 is 0 Å². The van der Waals surface area contributed by atoms with E-state index in [0.717, 1.165) is 5.56 Å².